The molecule has 4 heteroatoms. The second-order valence-corrected chi connectivity index (χ2v) is 4.33. The molecule has 2 N–H and O–H groups in total. The van der Waals surface area contributed by atoms with E-state index in [4.69, 9.17) is 17.3 Å². The molecule has 0 radical (unpaired) electrons. The number of hydrogen-bond acceptors (Lipinski definition) is 1. The Labute approximate surface area is 100 Å². The number of hydrogen-bond donors (Lipinski definition) is 1. The van der Waals surface area contributed by atoms with Crippen molar-refractivity contribution in [1.82, 2.24) is 0 Å². The zero-order valence-electron chi connectivity index (χ0n) is 8.47. The highest BCUT2D eigenvalue weighted by molar-refractivity contribution is 6.32. The fourth-order valence-electron chi connectivity index (χ4n) is 1.67. The van der Waals surface area contributed by atoms with Crippen LogP contribution >= 0.6 is 24.0 Å². The van der Waals surface area contributed by atoms with Crippen molar-refractivity contribution in [1.29, 1.82) is 0 Å². The third-order valence-corrected chi connectivity index (χ3v) is 3.28. The summed E-state index contributed by atoms with van der Waals surface area (Å²) in [5.74, 6) is 0.142. The van der Waals surface area contributed by atoms with Gasteiger partial charge in [-0.3, -0.25) is 0 Å². The highest BCUT2D eigenvalue weighted by Gasteiger charge is 2.32. The van der Waals surface area contributed by atoms with Gasteiger partial charge in [0.2, 0.25) is 0 Å². The van der Waals surface area contributed by atoms with E-state index in [0.717, 1.165) is 18.4 Å². The lowest BCUT2D eigenvalue weighted by Crippen LogP contribution is -2.15. The summed E-state index contributed by atoms with van der Waals surface area (Å²) in [4.78, 5) is 0. The second-order valence-electron chi connectivity index (χ2n) is 3.96. The SMILES string of the molecule is Cc1ccc(F)c([C@H](N)C2CC2)c1Cl.Cl. The molecule has 1 aromatic rings. The Morgan fingerprint density at radius 1 is 1.47 bits per heavy atom. The van der Waals surface area contributed by atoms with E-state index < -0.39 is 0 Å². The number of benzene rings is 1. The molecule has 0 amide bonds. The summed E-state index contributed by atoms with van der Waals surface area (Å²) in [7, 11) is 0. The van der Waals surface area contributed by atoms with Gasteiger partial charge in [-0.1, -0.05) is 17.7 Å². The second kappa shape index (κ2) is 4.69. The Kier molecular flexibility index (Phi) is 3.99. The van der Waals surface area contributed by atoms with Crippen molar-refractivity contribution in [3.8, 4) is 0 Å². The van der Waals surface area contributed by atoms with Gasteiger partial charge in [-0.05, 0) is 37.3 Å². The average Bonchev–Trinajstić information content (AvgIpc) is 2.95. The summed E-state index contributed by atoms with van der Waals surface area (Å²) in [5.41, 5.74) is 7.33. The molecule has 2 rings (SSSR count). The van der Waals surface area contributed by atoms with Crippen molar-refractivity contribution in [3.05, 3.63) is 34.1 Å². The van der Waals surface area contributed by atoms with Crippen molar-refractivity contribution < 1.29 is 4.39 Å². The predicted molar refractivity (Wildman–Crippen MR) is 63.0 cm³/mol. The first-order valence-electron chi connectivity index (χ1n) is 4.81. The maximum Gasteiger partial charge on any atom is 0.129 e. The van der Waals surface area contributed by atoms with Gasteiger partial charge in [0, 0.05) is 11.6 Å². The molecular weight excluding hydrogens is 236 g/mol. The number of rotatable bonds is 2. The van der Waals surface area contributed by atoms with Gasteiger partial charge in [0.15, 0.2) is 0 Å². The van der Waals surface area contributed by atoms with Gasteiger partial charge < -0.3 is 5.73 Å². The smallest absolute Gasteiger partial charge is 0.129 e. The van der Waals surface area contributed by atoms with Crippen LogP contribution in [0.1, 0.15) is 30.0 Å². The summed E-state index contributed by atoms with van der Waals surface area (Å²) in [6.45, 7) is 1.87. The van der Waals surface area contributed by atoms with Crippen LogP contribution in [0.5, 0.6) is 0 Å². The van der Waals surface area contributed by atoms with Crippen molar-refractivity contribution in [2.45, 2.75) is 25.8 Å². The van der Waals surface area contributed by atoms with Gasteiger partial charge in [0.25, 0.3) is 0 Å². The molecule has 0 heterocycles. The van der Waals surface area contributed by atoms with Crippen LogP contribution in [0.25, 0.3) is 0 Å². The first-order chi connectivity index (χ1) is 6.61. The highest BCUT2D eigenvalue weighted by Crippen LogP contribution is 2.42. The van der Waals surface area contributed by atoms with Crippen molar-refractivity contribution >= 4 is 24.0 Å². The maximum atomic E-state index is 13.5. The largest absolute Gasteiger partial charge is 0.324 e. The minimum absolute atomic E-state index is 0. The summed E-state index contributed by atoms with van der Waals surface area (Å²) in [5, 5.41) is 0.490. The average molecular weight is 250 g/mol. The molecule has 0 saturated heterocycles. The third kappa shape index (κ3) is 2.44. The fourth-order valence-corrected chi connectivity index (χ4v) is 1.95. The maximum absolute atomic E-state index is 13.5. The van der Waals surface area contributed by atoms with Gasteiger partial charge >= 0.3 is 0 Å². The number of halogens is 3. The molecule has 1 aliphatic rings. The van der Waals surface area contributed by atoms with Crippen molar-refractivity contribution in [2.24, 2.45) is 11.7 Å². The van der Waals surface area contributed by atoms with Gasteiger partial charge in [0.1, 0.15) is 5.82 Å². The van der Waals surface area contributed by atoms with Crippen LogP contribution < -0.4 is 5.73 Å². The molecule has 1 nitrogen and oxygen atoms in total. The van der Waals surface area contributed by atoms with E-state index in [-0.39, 0.29) is 24.3 Å². The van der Waals surface area contributed by atoms with Crippen LogP contribution in [-0.4, -0.2) is 0 Å². The Bertz CT molecular complexity index is 364. The molecule has 0 bridgehead atoms. The molecule has 1 aromatic carbocycles. The molecule has 15 heavy (non-hydrogen) atoms. The molecule has 1 fully saturated rings. The molecule has 1 atom stereocenters. The van der Waals surface area contributed by atoms with E-state index in [1.165, 1.54) is 6.07 Å². The normalized spacial score (nSPS) is 17.1. The first kappa shape index (κ1) is 12.8. The Hall–Kier alpha value is -0.310. The third-order valence-electron chi connectivity index (χ3n) is 2.78. The Balaban J connectivity index is 0.00000112. The van der Waals surface area contributed by atoms with Crippen LogP contribution in [0.2, 0.25) is 5.02 Å². The Morgan fingerprint density at radius 3 is 2.60 bits per heavy atom. The van der Waals surface area contributed by atoms with Gasteiger partial charge in [-0.15, -0.1) is 12.4 Å². The summed E-state index contributed by atoms with van der Waals surface area (Å²) in [6, 6.07) is 2.89. The zero-order chi connectivity index (χ0) is 10.3. The molecule has 0 spiro atoms. The van der Waals surface area contributed by atoms with Crippen LogP contribution in [0.3, 0.4) is 0 Å². The van der Waals surface area contributed by atoms with E-state index in [1.54, 1.807) is 6.07 Å². The van der Waals surface area contributed by atoms with E-state index >= 15 is 0 Å². The first-order valence-corrected chi connectivity index (χ1v) is 5.19. The van der Waals surface area contributed by atoms with E-state index in [2.05, 4.69) is 0 Å². The molecule has 0 aliphatic heterocycles. The molecule has 1 saturated carbocycles. The molecule has 0 unspecified atom stereocenters. The lowest BCUT2D eigenvalue weighted by Gasteiger charge is -2.15. The molecule has 84 valence electrons. The van der Waals surface area contributed by atoms with Gasteiger partial charge in [0.05, 0.1) is 5.02 Å². The summed E-state index contributed by atoms with van der Waals surface area (Å²) >= 11 is 6.05. The van der Waals surface area contributed by atoms with Crippen molar-refractivity contribution in [3.63, 3.8) is 0 Å². The number of nitrogens with two attached hydrogens (primary N) is 1. The standard InChI is InChI=1S/C11H13ClFN.ClH/c1-6-2-5-8(13)9(10(6)12)11(14)7-3-4-7;/h2,5,7,11H,3-4,14H2,1H3;1H/t11-;/m1./s1. The van der Waals surface area contributed by atoms with E-state index in [1.807, 2.05) is 6.92 Å². The fraction of sp³-hybridized carbons (Fsp3) is 0.455. The molecular formula is C11H14Cl2FN. The van der Waals surface area contributed by atoms with Gasteiger partial charge in [-0.25, -0.2) is 4.39 Å². The van der Waals surface area contributed by atoms with E-state index in [0.29, 0.717) is 16.5 Å². The van der Waals surface area contributed by atoms with E-state index in [9.17, 15) is 4.39 Å². The van der Waals surface area contributed by atoms with Crippen LogP contribution in [0, 0.1) is 18.7 Å². The quantitative estimate of drug-likeness (QED) is 0.852. The molecule has 1 aliphatic carbocycles. The summed E-state index contributed by atoms with van der Waals surface area (Å²) in [6.07, 6.45) is 2.18. The highest BCUT2D eigenvalue weighted by atomic mass is 35.5. The zero-order valence-corrected chi connectivity index (χ0v) is 10.0. The Morgan fingerprint density at radius 2 is 2.07 bits per heavy atom. The summed E-state index contributed by atoms with van der Waals surface area (Å²) < 4.78 is 13.5. The lowest BCUT2D eigenvalue weighted by atomic mass is 10.0. The minimum Gasteiger partial charge on any atom is -0.324 e. The topological polar surface area (TPSA) is 26.0 Å². The number of aryl methyl sites for hydroxylation is 1. The van der Waals surface area contributed by atoms with Crippen LogP contribution in [0.4, 0.5) is 4.39 Å². The predicted octanol–water partition coefficient (Wildman–Crippen LogP) is 3.62. The van der Waals surface area contributed by atoms with Crippen molar-refractivity contribution in [2.75, 3.05) is 0 Å². The van der Waals surface area contributed by atoms with Crippen LogP contribution in [0.15, 0.2) is 12.1 Å². The van der Waals surface area contributed by atoms with Gasteiger partial charge in [-0.2, -0.15) is 0 Å². The van der Waals surface area contributed by atoms with Crippen LogP contribution in [-0.2, 0) is 0 Å². The lowest BCUT2D eigenvalue weighted by molar-refractivity contribution is 0.553. The molecule has 0 aromatic heterocycles. The monoisotopic (exact) mass is 249 g/mol. The minimum atomic E-state index is -0.278.